The number of esters is 1. The maximum absolute atomic E-state index is 12.8. The van der Waals surface area contributed by atoms with Crippen molar-refractivity contribution in [1.82, 2.24) is 9.88 Å². The molecule has 1 fully saturated rings. The van der Waals surface area contributed by atoms with E-state index in [1.54, 1.807) is 25.2 Å². The van der Waals surface area contributed by atoms with Gasteiger partial charge in [-0.3, -0.25) is 0 Å². The van der Waals surface area contributed by atoms with Gasteiger partial charge >= 0.3 is 12.0 Å². The van der Waals surface area contributed by atoms with Gasteiger partial charge in [0.05, 0.1) is 28.9 Å². The van der Waals surface area contributed by atoms with Crippen LogP contribution in [-0.2, 0) is 4.74 Å². The van der Waals surface area contributed by atoms with Gasteiger partial charge in [-0.1, -0.05) is 42.9 Å². The molecule has 2 aromatic carbocycles. The highest BCUT2D eigenvalue weighted by Crippen LogP contribution is 2.33. The standard InChI is InChI=1S/C22H23N3O4S/c1-3-4-12-28-16-9-7-8-15(13-16)20(26)29-19-14-24(2)22(27)25(19)21-23-17-10-5-6-11-18(17)30-21/h5-11,13,19H,3-4,12,14H2,1-2H3. The molecule has 1 aliphatic heterocycles. The average Bonchev–Trinajstić information content (AvgIpc) is 3.28. The third kappa shape index (κ3) is 4.09. The fourth-order valence-corrected chi connectivity index (χ4v) is 4.20. The lowest BCUT2D eigenvalue weighted by atomic mass is 10.2. The van der Waals surface area contributed by atoms with Crippen molar-refractivity contribution in [1.29, 1.82) is 0 Å². The Kier molecular flexibility index (Phi) is 5.85. The first-order valence-corrected chi connectivity index (χ1v) is 10.7. The van der Waals surface area contributed by atoms with E-state index in [0.29, 0.717) is 23.1 Å². The van der Waals surface area contributed by atoms with Gasteiger partial charge in [-0.2, -0.15) is 0 Å². The zero-order valence-electron chi connectivity index (χ0n) is 16.9. The Balaban J connectivity index is 1.53. The Labute approximate surface area is 178 Å². The Hall–Kier alpha value is -3.13. The number of urea groups is 1. The average molecular weight is 426 g/mol. The van der Waals surface area contributed by atoms with Crippen molar-refractivity contribution in [2.75, 3.05) is 25.1 Å². The molecule has 0 aliphatic carbocycles. The van der Waals surface area contributed by atoms with E-state index in [9.17, 15) is 9.59 Å². The summed E-state index contributed by atoms with van der Waals surface area (Å²) in [4.78, 5) is 33.0. The van der Waals surface area contributed by atoms with E-state index in [-0.39, 0.29) is 12.6 Å². The largest absolute Gasteiger partial charge is 0.494 e. The highest BCUT2D eigenvalue weighted by atomic mass is 32.1. The third-order valence-corrected chi connectivity index (χ3v) is 5.85. The van der Waals surface area contributed by atoms with Crippen LogP contribution in [0.1, 0.15) is 30.1 Å². The number of anilines is 1. The maximum atomic E-state index is 12.8. The van der Waals surface area contributed by atoms with Crippen LogP contribution < -0.4 is 9.64 Å². The van der Waals surface area contributed by atoms with E-state index in [2.05, 4.69) is 11.9 Å². The van der Waals surface area contributed by atoms with E-state index in [0.717, 1.165) is 23.1 Å². The van der Waals surface area contributed by atoms with E-state index in [4.69, 9.17) is 9.47 Å². The molecule has 156 valence electrons. The molecule has 1 aliphatic rings. The molecule has 2 heterocycles. The predicted molar refractivity (Wildman–Crippen MR) is 116 cm³/mol. The zero-order valence-corrected chi connectivity index (χ0v) is 17.7. The third-order valence-electron chi connectivity index (χ3n) is 4.82. The van der Waals surface area contributed by atoms with Gasteiger partial charge in [0, 0.05) is 7.05 Å². The molecule has 1 unspecified atom stereocenters. The Morgan fingerprint density at radius 1 is 1.23 bits per heavy atom. The second kappa shape index (κ2) is 8.71. The second-order valence-electron chi connectivity index (χ2n) is 7.09. The van der Waals surface area contributed by atoms with Gasteiger partial charge in [0.15, 0.2) is 5.13 Å². The molecule has 30 heavy (non-hydrogen) atoms. The molecule has 7 nitrogen and oxygen atoms in total. The first-order valence-electron chi connectivity index (χ1n) is 9.90. The van der Waals surface area contributed by atoms with Gasteiger partial charge in [-0.05, 0) is 36.8 Å². The summed E-state index contributed by atoms with van der Waals surface area (Å²) in [6, 6.07) is 14.3. The molecule has 1 atom stereocenters. The molecule has 0 radical (unpaired) electrons. The van der Waals surface area contributed by atoms with Crippen LogP contribution in [0, 0.1) is 0 Å². The van der Waals surface area contributed by atoms with Crippen LogP contribution >= 0.6 is 11.3 Å². The van der Waals surface area contributed by atoms with E-state index >= 15 is 0 Å². The summed E-state index contributed by atoms with van der Waals surface area (Å²) in [6.45, 7) is 2.96. The number of carbonyl (C=O) groups is 2. The quantitative estimate of drug-likeness (QED) is 0.411. The number of nitrogens with zero attached hydrogens (tertiary/aromatic N) is 3. The topological polar surface area (TPSA) is 72.0 Å². The van der Waals surface area contributed by atoms with Crippen LogP contribution in [0.3, 0.4) is 0 Å². The summed E-state index contributed by atoms with van der Waals surface area (Å²) >= 11 is 1.40. The number of fused-ring (bicyclic) bond motifs is 1. The number of amides is 2. The van der Waals surface area contributed by atoms with Crippen LogP contribution in [0.2, 0.25) is 0 Å². The van der Waals surface area contributed by atoms with Crippen LogP contribution in [0.5, 0.6) is 5.75 Å². The number of thiazole rings is 1. The highest BCUT2D eigenvalue weighted by Gasteiger charge is 2.40. The van der Waals surface area contributed by atoms with E-state index in [1.807, 2.05) is 30.3 Å². The van der Waals surface area contributed by atoms with Gasteiger partial charge in [-0.15, -0.1) is 0 Å². The molecule has 4 rings (SSSR count). The first-order chi connectivity index (χ1) is 14.6. The summed E-state index contributed by atoms with van der Waals surface area (Å²) in [5.74, 6) is 0.121. The summed E-state index contributed by atoms with van der Waals surface area (Å²) < 4.78 is 12.4. The fraction of sp³-hybridized carbons (Fsp3) is 0.318. The monoisotopic (exact) mass is 425 g/mol. The number of hydrogen-bond acceptors (Lipinski definition) is 6. The normalized spacial score (nSPS) is 16.3. The molecule has 0 bridgehead atoms. The minimum Gasteiger partial charge on any atom is -0.494 e. The number of rotatable bonds is 7. The van der Waals surface area contributed by atoms with Crippen molar-refractivity contribution < 1.29 is 19.1 Å². The minimum atomic E-state index is -0.750. The van der Waals surface area contributed by atoms with Crippen molar-refractivity contribution >= 4 is 38.7 Å². The molecule has 0 N–H and O–H groups in total. The van der Waals surface area contributed by atoms with Gasteiger partial charge in [0.1, 0.15) is 5.75 Å². The van der Waals surface area contributed by atoms with Crippen molar-refractivity contribution in [3.63, 3.8) is 0 Å². The Morgan fingerprint density at radius 2 is 2.07 bits per heavy atom. The highest BCUT2D eigenvalue weighted by molar-refractivity contribution is 7.22. The van der Waals surface area contributed by atoms with Gasteiger partial charge in [-0.25, -0.2) is 19.5 Å². The van der Waals surface area contributed by atoms with Crippen LogP contribution in [-0.4, -0.2) is 48.3 Å². The smallest absolute Gasteiger partial charge is 0.340 e. The van der Waals surface area contributed by atoms with Gasteiger partial charge in [0.25, 0.3) is 0 Å². The zero-order chi connectivity index (χ0) is 21.1. The molecule has 1 aromatic heterocycles. The van der Waals surface area contributed by atoms with E-state index < -0.39 is 12.2 Å². The number of likely N-dealkylation sites (N-methyl/N-ethyl adjacent to an activating group) is 1. The molecule has 3 aromatic rings. The molecule has 0 spiro atoms. The number of benzene rings is 2. The van der Waals surface area contributed by atoms with Crippen LogP contribution in [0.4, 0.5) is 9.93 Å². The number of para-hydroxylation sites is 1. The number of hydrogen-bond donors (Lipinski definition) is 0. The van der Waals surface area contributed by atoms with Crippen LogP contribution in [0.25, 0.3) is 10.2 Å². The summed E-state index contributed by atoms with van der Waals surface area (Å²) in [5.41, 5.74) is 1.19. The van der Waals surface area contributed by atoms with E-state index in [1.165, 1.54) is 21.1 Å². The maximum Gasteiger partial charge on any atom is 0.340 e. The van der Waals surface area contributed by atoms with Crippen LogP contribution in [0.15, 0.2) is 48.5 Å². The second-order valence-corrected chi connectivity index (χ2v) is 8.10. The lowest BCUT2D eigenvalue weighted by Crippen LogP contribution is -2.37. The number of unbranched alkanes of at least 4 members (excludes halogenated alkanes) is 1. The Bertz CT molecular complexity index is 1030. The van der Waals surface area contributed by atoms with Gasteiger partial charge in [0.2, 0.25) is 6.23 Å². The fourth-order valence-electron chi connectivity index (χ4n) is 3.20. The van der Waals surface area contributed by atoms with Crippen molar-refractivity contribution in [2.24, 2.45) is 0 Å². The molecule has 2 amide bonds. The lowest BCUT2D eigenvalue weighted by molar-refractivity contribution is 0.0331. The number of aromatic nitrogens is 1. The summed E-state index contributed by atoms with van der Waals surface area (Å²) in [5, 5.41) is 0.514. The van der Waals surface area contributed by atoms with Crippen molar-refractivity contribution in [3.05, 3.63) is 54.1 Å². The summed E-state index contributed by atoms with van der Waals surface area (Å²) in [7, 11) is 1.68. The molecular weight excluding hydrogens is 402 g/mol. The minimum absolute atomic E-state index is 0.247. The molecule has 1 saturated heterocycles. The predicted octanol–water partition coefficient (Wildman–Crippen LogP) is 4.53. The summed E-state index contributed by atoms with van der Waals surface area (Å²) in [6.07, 6.45) is 1.23. The van der Waals surface area contributed by atoms with Crippen molar-refractivity contribution in [2.45, 2.75) is 26.0 Å². The number of carbonyl (C=O) groups excluding carboxylic acids is 2. The van der Waals surface area contributed by atoms with Crippen molar-refractivity contribution in [3.8, 4) is 5.75 Å². The molecular formula is C22H23N3O4S. The van der Waals surface area contributed by atoms with Gasteiger partial charge < -0.3 is 14.4 Å². The molecule has 0 saturated carbocycles. The molecule has 8 heteroatoms. The first kappa shape index (κ1) is 20.2. The lowest BCUT2D eigenvalue weighted by Gasteiger charge is -2.20. The Morgan fingerprint density at radius 3 is 2.87 bits per heavy atom. The number of ether oxygens (including phenoxy) is 2. The SMILES string of the molecule is CCCCOc1cccc(C(=O)OC2CN(C)C(=O)N2c2nc3ccccc3s2)c1.